The van der Waals surface area contributed by atoms with E-state index in [0.29, 0.717) is 18.6 Å². The summed E-state index contributed by atoms with van der Waals surface area (Å²) >= 11 is 0. The zero-order valence-corrected chi connectivity index (χ0v) is 7.04. The molecule has 0 aromatic rings. The average molecular weight is 174 g/mol. The van der Waals surface area contributed by atoms with E-state index in [1.165, 1.54) is 6.42 Å². The molecular formula is C8H15FN2O. The van der Waals surface area contributed by atoms with Crippen LogP contribution in [0.1, 0.15) is 6.42 Å². The summed E-state index contributed by atoms with van der Waals surface area (Å²) in [6.45, 7) is 1.85. The van der Waals surface area contributed by atoms with E-state index in [0.717, 1.165) is 13.1 Å². The van der Waals surface area contributed by atoms with Gasteiger partial charge in [0, 0.05) is 31.7 Å². The molecule has 0 aliphatic carbocycles. The molecule has 12 heavy (non-hydrogen) atoms. The molecule has 4 heteroatoms. The highest BCUT2D eigenvalue weighted by Gasteiger charge is 2.37. The number of nitrogens with zero attached hydrogens (tertiary/aromatic N) is 1. The molecule has 0 radical (unpaired) electrons. The van der Waals surface area contributed by atoms with Gasteiger partial charge in [-0.25, -0.2) is 4.39 Å². The van der Waals surface area contributed by atoms with Crippen LogP contribution in [0, 0.1) is 0 Å². The Balaban J connectivity index is 1.82. The molecule has 2 aliphatic heterocycles. The van der Waals surface area contributed by atoms with Crippen LogP contribution in [0.25, 0.3) is 0 Å². The number of aliphatic hydroxyl groups excluding tert-OH is 1. The van der Waals surface area contributed by atoms with Crippen LogP contribution in [0.4, 0.5) is 4.39 Å². The van der Waals surface area contributed by atoms with Crippen molar-refractivity contribution in [2.75, 3.05) is 26.3 Å². The SMILES string of the molecule is OC(CF)CN1CC2CC1CN2. The molecule has 2 fully saturated rings. The summed E-state index contributed by atoms with van der Waals surface area (Å²) in [5, 5.41) is 12.5. The summed E-state index contributed by atoms with van der Waals surface area (Å²) in [6.07, 6.45) is 0.378. The molecule has 70 valence electrons. The van der Waals surface area contributed by atoms with E-state index in [-0.39, 0.29) is 0 Å². The van der Waals surface area contributed by atoms with E-state index in [2.05, 4.69) is 10.2 Å². The lowest BCUT2D eigenvalue weighted by molar-refractivity contribution is 0.0789. The number of nitrogens with one attached hydrogen (secondary N) is 1. The molecule has 3 nitrogen and oxygen atoms in total. The van der Waals surface area contributed by atoms with Crippen LogP contribution in [0.15, 0.2) is 0 Å². The smallest absolute Gasteiger partial charge is 0.117 e. The molecule has 2 saturated heterocycles. The minimum Gasteiger partial charge on any atom is -0.389 e. The summed E-state index contributed by atoms with van der Waals surface area (Å²) in [6, 6.07) is 1.12. The fraction of sp³-hybridized carbons (Fsp3) is 1.00. The summed E-state index contributed by atoms with van der Waals surface area (Å²) in [7, 11) is 0. The molecule has 0 aromatic heterocycles. The van der Waals surface area contributed by atoms with E-state index in [4.69, 9.17) is 5.11 Å². The van der Waals surface area contributed by atoms with Gasteiger partial charge in [-0.05, 0) is 6.42 Å². The summed E-state index contributed by atoms with van der Waals surface area (Å²) < 4.78 is 12.0. The van der Waals surface area contributed by atoms with Crippen molar-refractivity contribution in [2.24, 2.45) is 0 Å². The van der Waals surface area contributed by atoms with Crippen molar-refractivity contribution >= 4 is 0 Å². The Morgan fingerprint density at radius 1 is 1.67 bits per heavy atom. The number of hydrogen-bond donors (Lipinski definition) is 2. The largest absolute Gasteiger partial charge is 0.389 e. The molecule has 3 unspecified atom stereocenters. The van der Waals surface area contributed by atoms with Gasteiger partial charge < -0.3 is 10.4 Å². The Hall–Kier alpha value is -0.190. The summed E-state index contributed by atoms with van der Waals surface area (Å²) in [5.74, 6) is 0. The minimum absolute atomic E-state index is 0.499. The predicted octanol–water partition coefficient (Wildman–Crippen LogP) is -0.637. The van der Waals surface area contributed by atoms with Gasteiger partial charge in [0.15, 0.2) is 0 Å². The first-order valence-electron chi connectivity index (χ1n) is 4.51. The van der Waals surface area contributed by atoms with Crippen LogP contribution >= 0.6 is 0 Å². The second-order valence-electron chi connectivity index (χ2n) is 3.76. The number of aliphatic hydroxyl groups is 1. The maximum atomic E-state index is 12.0. The lowest BCUT2D eigenvalue weighted by Crippen LogP contribution is -2.46. The number of β-amino-alcohol motifs (C(OH)–C–C–N with tert-alkyl or cyclic N) is 1. The number of rotatable bonds is 3. The number of halogens is 1. The molecule has 0 aromatic carbocycles. The summed E-state index contributed by atoms with van der Waals surface area (Å²) in [5.41, 5.74) is 0. The number of hydrogen-bond acceptors (Lipinski definition) is 3. The van der Waals surface area contributed by atoms with Crippen LogP contribution in [0.5, 0.6) is 0 Å². The predicted molar refractivity (Wildman–Crippen MR) is 43.8 cm³/mol. The Bertz CT molecular complexity index is 167. The quantitative estimate of drug-likeness (QED) is 0.597. The van der Waals surface area contributed by atoms with Crippen LogP contribution in [0.2, 0.25) is 0 Å². The maximum Gasteiger partial charge on any atom is 0.117 e. The van der Waals surface area contributed by atoms with Crippen LogP contribution in [-0.2, 0) is 0 Å². The Morgan fingerprint density at radius 2 is 2.50 bits per heavy atom. The molecule has 2 heterocycles. The third-order valence-corrected chi connectivity index (χ3v) is 2.79. The highest BCUT2D eigenvalue weighted by Crippen LogP contribution is 2.22. The van der Waals surface area contributed by atoms with E-state index in [1.54, 1.807) is 0 Å². The van der Waals surface area contributed by atoms with E-state index >= 15 is 0 Å². The first kappa shape index (κ1) is 8.41. The van der Waals surface area contributed by atoms with Gasteiger partial charge in [-0.2, -0.15) is 0 Å². The highest BCUT2D eigenvalue weighted by atomic mass is 19.1. The molecule has 0 amide bonds. The summed E-state index contributed by atoms with van der Waals surface area (Å²) in [4.78, 5) is 2.19. The van der Waals surface area contributed by atoms with Crippen LogP contribution in [0.3, 0.4) is 0 Å². The van der Waals surface area contributed by atoms with Gasteiger partial charge in [-0.15, -0.1) is 0 Å². The van der Waals surface area contributed by atoms with Gasteiger partial charge >= 0.3 is 0 Å². The first-order valence-corrected chi connectivity index (χ1v) is 4.51. The zero-order chi connectivity index (χ0) is 8.55. The number of likely N-dealkylation sites (tertiary alicyclic amines) is 1. The second-order valence-corrected chi connectivity index (χ2v) is 3.76. The molecule has 2 aliphatic rings. The van der Waals surface area contributed by atoms with Gasteiger partial charge in [0.2, 0.25) is 0 Å². The van der Waals surface area contributed by atoms with E-state index < -0.39 is 12.8 Å². The van der Waals surface area contributed by atoms with Crippen LogP contribution in [-0.4, -0.2) is 54.5 Å². The molecule has 3 atom stereocenters. The van der Waals surface area contributed by atoms with Crippen LogP contribution < -0.4 is 5.32 Å². The topological polar surface area (TPSA) is 35.5 Å². The lowest BCUT2D eigenvalue weighted by Gasteiger charge is -2.28. The molecule has 2 rings (SSSR count). The standard InChI is InChI=1S/C8H15FN2O/c9-2-8(12)5-11-4-6-1-7(11)3-10-6/h6-8,10,12H,1-5H2. The van der Waals surface area contributed by atoms with Crippen molar-refractivity contribution in [1.29, 1.82) is 0 Å². The molecule has 0 saturated carbocycles. The molecule has 2 N–H and O–H groups in total. The van der Waals surface area contributed by atoms with Gasteiger partial charge in [-0.3, -0.25) is 4.90 Å². The second kappa shape index (κ2) is 3.28. The fourth-order valence-electron chi connectivity index (χ4n) is 2.19. The van der Waals surface area contributed by atoms with Crippen molar-refractivity contribution in [1.82, 2.24) is 10.2 Å². The van der Waals surface area contributed by atoms with Gasteiger partial charge in [0.25, 0.3) is 0 Å². The maximum absolute atomic E-state index is 12.0. The lowest BCUT2D eigenvalue weighted by atomic mass is 10.2. The molecule has 2 bridgehead atoms. The van der Waals surface area contributed by atoms with Crippen molar-refractivity contribution in [3.8, 4) is 0 Å². The zero-order valence-electron chi connectivity index (χ0n) is 7.04. The van der Waals surface area contributed by atoms with E-state index in [1.807, 2.05) is 0 Å². The number of piperazine rings is 1. The van der Waals surface area contributed by atoms with Crippen molar-refractivity contribution < 1.29 is 9.50 Å². The Labute approximate surface area is 71.6 Å². The van der Waals surface area contributed by atoms with Gasteiger partial charge in [0.05, 0.1) is 6.10 Å². The highest BCUT2D eigenvalue weighted by molar-refractivity contribution is 4.97. The third-order valence-electron chi connectivity index (χ3n) is 2.79. The molecular weight excluding hydrogens is 159 g/mol. The fourth-order valence-corrected chi connectivity index (χ4v) is 2.19. The third kappa shape index (κ3) is 1.46. The van der Waals surface area contributed by atoms with E-state index in [9.17, 15) is 4.39 Å². The number of fused-ring (bicyclic) bond motifs is 2. The normalized spacial score (nSPS) is 37.5. The van der Waals surface area contributed by atoms with Gasteiger partial charge in [-0.1, -0.05) is 0 Å². The minimum atomic E-state index is -0.788. The van der Waals surface area contributed by atoms with Crippen molar-refractivity contribution in [2.45, 2.75) is 24.6 Å². The monoisotopic (exact) mass is 174 g/mol. The molecule has 0 spiro atoms. The Morgan fingerprint density at radius 3 is 3.00 bits per heavy atom. The van der Waals surface area contributed by atoms with Gasteiger partial charge in [0.1, 0.15) is 6.67 Å². The first-order chi connectivity index (χ1) is 5.79. The number of alkyl halides is 1. The average Bonchev–Trinajstić information content (AvgIpc) is 2.64. The van der Waals surface area contributed by atoms with Crippen molar-refractivity contribution in [3.05, 3.63) is 0 Å². The van der Waals surface area contributed by atoms with Crippen molar-refractivity contribution in [3.63, 3.8) is 0 Å². The Kier molecular flexibility index (Phi) is 2.30.